The van der Waals surface area contributed by atoms with E-state index in [9.17, 15) is 9.59 Å². The molecule has 1 aliphatic heterocycles. The number of carbonyl (C=O) groups excluding carboxylic acids is 2. The number of hydrogen-bond acceptors (Lipinski definition) is 3. The van der Waals surface area contributed by atoms with Crippen LogP contribution >= 0.6 is 0 Å². The summed E-state index contributed by atoms with van der Waals surface area (Å²) in [4.78, 5) is 25.9. The van der Waals surface area contributed by atoms with E-state index in [1.165, 1.54) is 0 Å². The molecule has 0 spiro atoms. The Morgan fingerprint density at radius 3 is 2.62 bits per heavy atom. The van der Waals surface area contributed by atoms with Crippen LogP contribution in [-0.2, 0) is 0 Å². The van der Waals surface area contributed by atoms with Crippen LogP contribution in [0, 0.1) is 0 Å². The van der Waals surface area contributed by atoms with Gasteiger partial charge in [-0.25, -0.2) is 4.79 Å². The van der Waals surface area contributed by atoms with Crippen LogP contribution in [0.1, 0.15) is 10.4 Å². The SMILES string of the molecule is O=C(Nc1ccc(N2CCNC2=O)cc1)c1cccc(-c2ccoc2)c1. The Balaban J connectivity index is 1.48. The van der Waals surface area contributed by atoms with Gasteiger partial charge < -0.3 is 15.1 Å². The van der Waals surface area contributed by atoms with Crippen LogP contribution < -0.4 is 15.5 Å². The molecular weight excluding hydrogens is 330 g/mol. The fraction of sp³-hybridized carbons (Fsp3) is 0.100. The van der Waals surface area contributed by atoms with Gasteiger partial charge in [-0.2, -0.15) is 0 Å². The standard InChI is InChI=1S/C20H17N3O3/c24-19(15-3-1-2-14(12-15)16-8-11-26-13-16)22-17-4-6-18(7-5-17)23-10-9-21-20(23)25/h1-8,11-13H,9-10H2,(H,21,25)(H,22,24). The second-order valence-electron chi connectivity index (χ2n) is 5.98. The molecule has 130 valence electrons. The van der Waals surface area contributed by atoms with Crippen LogP contribution in [0.2, 0.25) is 0 Å². The minimum atomic E-state index is -0.193. The maximum Gasteiger partial charge on any atom is 0.321 e. The molecule has 1 saturated heterocycles. The van der Waals surface area contributed by atoms with Crippen LogP contribution in [0.3, 0.4) is 0 Å². The van der Waals surface area contributed by atoms with Gasteiger partial charge in [-0.1, -0.05) is 12.1 Å². The van der Waals surface area contributed by atoms with Gasteiger partial charge in [0.05, 0.1) is 12.5 Å². The lowest BCUT2D eigenvalue weighted by Gasteiger charge is -2.14. The Morgan fingerprint density at radius 2 is 1.92 bits per heavy atom. The molecule has 0 atom stereocenters. The van der Waals surface area contributed by atoms with Crippen molar-refractivity contribution in [1.29, 1.82) is 0 Å². The Morgan fingerprint density at radius 1 is 1.08 bits per heavy atom. The third-order valence-corrected chi connectivity index (χ3v) is 4.27. The largest absolute Gasteiger partial charge is 0.472 e. The van der Waals surface area contributed by atoms with Gasteiger partial charge in [0.2, 0.25) is 0 Å². The summed E-state index contributed by atoms with van der Waals surface area (Å²) in [6.45, 7) is 1.29. The molecule has 0 radical (unpaired) electrons. The quantitative estimate of drug-likeness (QED) is 0.755. The second-order valence-corrected chi connectivity index (χ2v) is 5.98. The van der Waals surface area contributed by atoms with Crippen LogP contribution in [0.4, 0.5) is 16.2 Å². The van der Waals surface area contributed by atoms with Gasteiger partial charge in [-0.15, -0.1) is 0 Å². The lowest BCUT2D eigenvalue weighted by molar-refractivity contribution is 0.102. The van der Waals surface area contributed by atoms with E-state index in [0.717, 1.165) is 16.8 Å². The summed E-state index contributed by atoms with van der Waals surface area (Å²) in [6.07, 6.45) is 3.24. The predicted octanol–water partition coefficient (Wildman–Crippen LogP) is 3.73. The van der Waals surface area contributed by atoms with Gasteiger partial charge in [0.1, 0.15) is 0 Å². The number of nitrogens with zero attached hydrogens (tertiary/aromatic N) is 1. The van der Waals surface area contributed by atoms with Crippen molar-refractivity contribution in [2.45, 2.75) is 0 Å². The van der Waals surface area contributed by atoms with E-state index in [-0.39, 0.29) is 11.9 Å². The second kappa shape index (κ2) is 6.76. The van der Waals surface area contributed by atoms with E-state index in [1.807, 2.05) is 36.4 Å². The maximum absolute atomic E-state index is 12.5. The molecule has 0 unspecified atom stereocenters. The fourth-order valence-electron chi connectivity index (χ4n) is 2.91. The average Bonchev–Trinajstić information content (AvgIpc) is 3.34. The molecule has 3 aromatic rings. The van der Waals surface area contributed by atoms with E-state index in [4.69, 9.17) is 4.42 Å². The number of benzene rings is 2. The molecule has 2 N–H and O–H groups in total. The molecule has 0 saturated carbocycles. The van der Waals surface area contributed by atoms with Crippen LogP contribution in [-0.4, -0.2) is 25.0 Å². The van der Waals surface area contributed by atoms with Crippen molar-refractivity contribution in [3.8, 4) is 11.1 Å². The van der Waals surface area contributed by atoms with Crippen molar-refractivity contribution >= 4 is 23.3 Å². The minimum Gasteiger partial charge on any atom is -0.472 e. The topological polar surface area (TPSA) is 74.6 Å². The summed E-state index contributed by atoms with van der Waals surface area (Å²) in [5, 5.41) is 5.64. The van der Waals surface area contributed by atoms with Gasteiger partial charge in [-0.3, -0.25) is 9.69 Å². The normalized spacial score (nSPS) is 13.5. The number of hydrogen-bond donors (Lipinski definition) is 2. The molecule has 6 nitrogen and oxygen atoms in total. The molecule has 3 amide bonds. The van der Waals surface area contributed by atoms with Gasteiger partial charge in [0.15, 0.2) is 0 Å². The summed E-state index contributed by atoms with van der Waals surface area (Å²) in [6, 6.07) is 16.3. The number of amides is 3. The molecule has 2 aromatic carbocycles. The zero-order chi connectivity index (χ0) is 17.9. The lowest BCUT2D eigenvalue weighted by Crippen LogP contribution is -2.27. The number of carbonyl (C=O) groups is 2. The third-order valence-electron chi connectivity index (χ3n) is 4.27. The van der Waals surface area contributed by atoms with Crippen molar-refractivity contribution in [1.82, 2.24) is 5.32 Å². The van der Waals surface area contributed by atoms with E-state index >= 15 is 0 Å². The Labute approximate surface area is 150 Å². The first-order chi connectivity index (χ1) is 12.7. The van der Waals surface area contributed by atoms with Crippen molar-refractivity contribution < 1.29 is 14.0 Å². The molecule has 0 aliphatic carbocycles. The number of furan rings is 1. The monoisotopic (exact) mass is 347 g/mol. The number of anilines is 2. The zero-order valence-corrected chi connectivity index (χ0v) is 13.9. The minimum absolute atomic E-state index is 0.0992. The molecule has 0 bridgehead atoms. The Hall–Kier alpha value is -3.54. The van der Waals surface area contributed by atoms with Crippen LogP contribution in [0.15, 0.2) is 71.5 Å². The smallest absolute Gasteiger partial charge is 0.321 e. The number of nitrogens with one attached hydrogen (secondary N) is 2. The van der Waals surface area contributed by atoms with Gasteiger partial charge in [0.25, 0.3) is 5.91 Å². The highest BCUT2D eigenvalue weighted by Crippen LogP contribution is 2.22. The number of urea groups is 1. The summed E-state index contributed by atoms with van der Waals surface area (Å²) in [5.41, 5.74) is 3.88. The Kier molecular flexibility index (Phi) is 4.15. The van der Waals surface area contributed by atoms with Crippen molar-refractivity contribution in [3.05, 3.63) is 72.7 Å². The molecule has 1 aromatic heterocycles. The van der Waals surface area contributed by atoms with Crippen LogP contribution in [0.25, 0.3) is 11.1 Å². The molecule has 6 heteroatoms. The van der Waals surface area contributed by atoms with E-state index in [0.29, 0.717) is 24.3 Å². The van der Waals surface area contributed by atoms with Crippen molar-refractivity contribution in [2.75, 3.05) is 23.3 Å². The van der Waals surface area contributed by atoms with Gasteiger partial charge >= 0.3 is 6.03 Å². The van der Waals surface area contributed by atoms with E-state index in [1.54, 1.807) is 35.6 Å². The van der Waals surface area contributed by atoms with E-state index in [2.05, 4.69) is 10.6 Å². The molecule has 26 heavy (non-hydrogen) atoms. The Bertz CT molecular complexity index is 933. The molecule has 1 fully saturated rings. The average molecular weight is 347 g/mol. The summed E-state index contributed by atoms with van der Waals surface area (Å²) >= 11 is 0. The summed E-state index contributed by atoms with van der Waals surface area (Å²) in [5.74, 6) is -0.193. The molecular formula is C20H17N3O3. The van der Waals surface area contributed by atoms with Gasteiger partial charge in [-0.05, 0) is 48.0 Å². The highest BCUT2D eigenvalue weighted by molar-refractivity contribution is 6.05. The first-order valence-corrected chi connectivity index (χ1v) is 8.30. The summed E-state index contributed by atoms with van der Waals surface area (Å²) in [7, 11) is 0. The molecule has 2 heterocycles. The molecule has 1 aliphatic rings. The number of rotatable bonds is 4. The van der Waals surface area contributed by atoms with Crippen molar-refractivity contribution in [3.63, 3.8) is 0 Å². The first-order valence-electron chi connectivity index (χ1n) is 8.30. The zero-order valence-electron chi connectivity index (χ0n) is 13.9. The van der Waals surface area contributed by atoms with Crippen LogP contribution in [0.5, 0.6) is 0 Å². The highest BCUT2D eigenvalue weighted by atomic mass is 16.3. The van der Waals surface area contributed by atoms with Gasteiger partial charge in [0, 0.05) is 35.6 Å². The van der Waals surface area contributed by atoms with E-state index < -0.39 is 0 Å². The molecule has 4 rings (SSSR count). The highest BCUT2D eigenvalue weighted by Gasteiger charge is 2.20. The lowest BCUT2D eigenvalue weighted by atomic mass is 10.1. The third kappa shape index (κ3) is 3.17. The predicted molar refractivity (Wildman–Crippen MR) is 99.3 cm³/mol. The summed E-state index contributed by atoms with van der Waals surface area (Å²) < 4.78 is 5.09. The fourth-order valence-corrected chi connectivity index (χ4v) is 2.91. The first kappa shape index (κ1) is 16.0. The maximum atomic E-state index is 12.5. The van der Waals surface area contributed by atoms with Crippen molar-refractivity contribution in [2.24, 2.45) is 0 Å².